The Morgan fingerprint density at radius 1 is 1.23 bits per heavy atom. The number of amides is 3. The fourth-order valence-corrected chi connectivity index (χ4v) is 3.75. The first-order valence-corrected chi connectivity index (χ1v) is 9.65. The molecule has 9 heteroatoms. The van der Waals surface area contributed by atoms with Gasteiger partial charge in [0.25, 0.3) is 5.91 Å². The fourth-order valence-electron chi connectivity index (χ4n) is 2.84. The lowest BCUT2D eigenvalue weighted by molar-refractivity contribution is 0.0766. The Labute approximate surface area is 161 Å². The Morgan fingerprint density at radius 2 is 2.00 bits per heavy atom. The van der Waals surface area contributed by atoms with E-state index in [0.29, 0.717) is 48.2 Å². The third-order valence-corrected chi connectivity index (χ3v) is 5.22. The van der Waals surface area contributed by atoms with Gasteiger partial charge in [-0.2, -0.15) is 0 Å². The van der Waals surface area contributed by atoms with E-state index in [1.807, 2.05) is 6.92 Å². The van der Waals surface area contributed by atoms with Crippen LogP contribution in [0.2, 0.25) is 5.02 Å². The van der Waals surface area contributed by atoms with E-state index in [4.69, 9.17) is 11.6 Å². The lowest BCUT2D eigenvalue weighted by atomic mass is 10.2. The monoisotopic (exact) mass is 393 g/mol. The summed E-state index contributed by atoms with van der Waals surface area (Å²) < 4.78 is 3.89. The Balaban J connectivity index is 1.61. The predicted molar refractivity (Wildman–Crippen MR) is 102 cm³/mol. The second-order valence-electron chi connectivity index (χ2n) is 5.98. The molecule has 1 aromatic heterocycles. The molecule has 1 fully saturated rings. The summed E-state index contributed by atoms with van der Waals surface area (Å²) in [6.45, 7) is 4.13. The molecule has 7 nitrogen and oxygen atoms in total. The van der Waals surface area contributed by atoms with Crippen LogP contribution in [-0.2, 0) is 6.42 Å². The average molecular weight is 394 g/mol. The van der Waals surface area contributed by atoms with Crippen LogP contribution in [0.25, 0.3) is 0 Å². The zero-order valence-electron chi connectivity index (χ0n) is 14.4. The van der Waals surface area contributed by atoms with E-state index >= 15 is 0 Å². The van der Waals surface area contributed by atoms with Gasteiger partial charge in [-0.1, -0.05) is 29.1 Å². The van der Waals surface area contributed by atoms with Crippen molar-refractivity contribution < 1.29 is 9.59 Å². The highest BCUT2D eigenvalue weighted by Gasteiger charge is 2.25. The molecule has 138 valence electrons. The van der Waals surface area contributed by atoms with Crippen LogP contribution >= 0.6 is 23.1 Å². The number of anilines is 1. The fraction of sp³-hybridized carbons (Fsp3) is 0.412. The SMILES string of the molecule is CCc1nnsc1C(=O)N1CCCN(C(=O)Nc2cccc(Cl)c2)CC1. The Morgan fingerprint density at radius 3 is 2.77 bits per heavy atom. The molecule has 1 aliphatic rings. The van der Waals surface area contributed by atoms with Gasteiger partial charge in [-0.3, -0.25) is 4.79 Å². The molecule has 2 aromatic rings. The molecule has 3 rings (SSSR count). The second-order valence-corrected chi connectivity index (χ2v) is 7.17. The maximum Gasteiger partial charge on any atom is 0.321 e. The molecule has 3 amide bonds. The minimum atomic E-state index is -0.185. The van der Waals surface area contributed by atoms with Gasteiger partial charge in [0.15, 0.2) is 0 Å². The van der Waals surface area contributed by atoms with Gasteiger partial charge < -0.3 is 15.1 Å². The van der Waals surface area contributed by atoms with Crippen LogP contribution in [0.1, 0.15) is 28.7 Å². The van der Waals surface area contributed by atoms with Crippen LogP contribution in [0.5, 0.6) is 0 Å². The zero-order valence-corrected chi connectivity index (χ0v) is 16.0. The standard InChI is InChI=1S/C17H20ClN5O2S/c1-2-14-15(26-21-20-14)16(24)22-7-4-8-23(10-9-22)17(25)19-13-6-3-5-12(18)11-13/h3,5-6,11H,2,4,7-10H2,1H3,(H,19,25). The van der Waals surface area contributed by atoms with Gasteiger partial charge in [0.1, 0.15) is 4.88 Å². The number of aromatic nitrogens is 2. The van der Waals surface area contributed by atoms with E-state index in [1.54, 1.807) is 34.1 Å². The van der Waals surface area contributed by atoms with E-state index in [2.05, 4.69) is 14.9 Å². The Hall–Kier alpha value is -2.19. The molecule has 1 N–H and O–H groups in total. The third-order valence-electron chi connectivity index (χ3n) is 4.23. The number of hydrogen-bond donors (Lipinski definition) is 1. The van der Waals surface area contributed by atoms with Crippen LogP contribution < -0.4 is 5.32 Å². The van der Waals surface area contributed by atoms with Crippen molar-refractivity contribution in [3.63, 3.8) is 0 Å². The first-order valence-electron chi connectivity index (χ1n) is 8.50. The minimum Gasteiger partial charge on any atom is -0.336 e. The molecule has 0 spiro atoms. The summed E-state index contributed by atoms with van der Waals surface area (Å²) in [6, 6.07) is 6.85. The molecule has 0 radical (unpaired) electrons. The molecular formula is C17H20ClN5O2S. The number of urea groups is 1. The molecule has 1 aromatic carbocycles. The van der Waals surface area contributed by atoms with Crippen molar-refractivity contribution in [1.82, 2.24) is 19.4 Å². The van der Waals surface area contributed by atoms with Crippen molar-refractivity contribution in [2.24, 2.45) is 0 Å². The smallest absolute Gasteiger partial charge is 0.321 e. The van der Waals surface area contributed by atoms with Gasteiger partial charge in [-0.15, -0.1) is 5.10 Å². The molecule has 1 aliphatic heterocycles. The molecule has 0 bridgehead atoms. The van der Waals surface area contributed by atoms with Crippen molar-refractivity contribution >= 4 is 40.8 Å². The first-order chi connectivity index (χ1) is 12.6. The normalized spacial score (nSPS) is 14.8. The summed E-state index contributed by atoms with van der Waals surface area (Å²) in [5, 5.41) is 7.43. The molecule has 1 saturated heterocycles. The number of nitrogens with one attached hydrogen (secondary N) is 1. The summed E-state index contributed by atoms with van der Waals surface area (Å²) in [4.78, 5) is 29.3. The molecule has 0 atom stereocenters. The number of halogens is 1. The Kier molecular flexibility index (Phi) is 6.05. The van der Waals surface area contributed by atoms with E-state index in [0.717, 1.165) is 23.6 Å². The van der Waals surface area contributed by atoms with Crippen molar-refractivity contribution in [3.8, 4) is 0 Å². The quantitative estimate of drug-likeness (QED) is 0.868. The number of benzene rings is 1. The first kappa shape index (κ1) is 18.6. The largest absolute Gasteiger partial charge is 0.336 e. The molecule has 0 saturated carbocycles. The van der Waals surface area contributed by atoms with Crippen molar-refractivity contribution in [3.05, 3.63) is 39.9 Å². The third kappa shape index (κ3) is 4.31. The number of rotatable bonds is 3. The summed E-state index contributed by atoms with van der Waals surface area (Å²) in [6.07, 6.45) is 1.40. The molecule has 0 unspecified atom stereocenters. The van der Waals surface area contributed by atoms with Gasteiger partial charge in [-0.05, 0) is 42.6 Å². The molecular weight excluding hydrogens is 374 g/mol. The predicted octanol–water partition coefficient (Wildman–Crippen LogP) is 3.13. The molecule has 0 aliphatic carbocycles. The van der Waals surface area contributed by atoms with Crippen LogP contribution in [0, 0.1) is 0 Å². The Bertz CT molecular complexity index is 797. The second kappa shape index (κ2) is 8.46. The molecule has 2 heterocycles. The van der Waals surface area contributed by atoms with Gasteiger partial charge in [0.05, 0.1) is 5.69 Å². The summed E-state index contributed by atoms with van der Waals surface area (Å²) in [7, 11) is 0. The highest BCUT2D eigenvalue weighted by atomic mass is 35.5. The van der Waals surface area contributed by atoms with Gasteiger partial charge in [0, 0.05) is 36.9 Å². The minimum absolute atomic E-state index is 0.0473. The average Bonchev–Trinajstić information content (AvgIpc) is 2.97. The van der Waals surface area contributed by atoms with Crippen LogP contribution in [0.3, 0.4) is 0 Å². The maximum atomic E-state index is 12.7. The van der Waals surface area contributed by atoms with Crippen LogP contribution in [0.4, 0.5) is 10.5 Å². The maximum absolute atomic E-state index is 12.7. The van der Waals surface area contributed by atoms with Crippen molar-refractivity contribution in [2.45, 2.75) is 19.8 Å². The van der Waals surface area contributed by atoms with E-state index in [1.165, 1.54) is 0 Å². The van der Waals surface area contributed by atoms with E-state index in [-0.39, 0.29) is 11.9 Å². The van der Waals surface area contributed by atoms with E-state index in [9.17, 15) is 9.59 Å². The number of hydrogen-bond acceptors (Lipinski definition) is 5. The number of aryl methyl sites for hydroxylation is 1. The lowest BCUT2D eigenvalue weighted by Crippen LogP contribution is -2.39. The lowest BCUT2D eigenvalue weighted by Gasteiger charge is -2.22. The number of carbonyl (C=O) groups excluding carboxylic acids is 2. The summed E-state index contributed by atoms with van der Waals surface area (Å²) >= 11 is 7.08. The zero-order chi connectivity index (χ0) is 18.5. The summed E-state index contributed by atoms with van der Waals surface area (Å²) in [5.41, 5.74) is 1.39. The van der Waals surface area contributed by atoms with Crippen LogP contribution in [-0.4, -0.2) is 57.5 Å². The topological polar surface area (TPSA) is 78.4 Å². The highest BCUT2D eigenvalue weighted by Crippen LogP contribution is 2.18. The number of carbonyl (C=O) groups is 2. The number of nitrogens with zero attached hydrogens (tertiary/aromatic N) is 4. The van der Waals surface area contributed by atoms with E-state index < -0.39 is 0 Å². The highest BCUT2D eigenvalue weighted by molar-refractivity contribution is 7.08. The van der Waals surface area contributed by atoms with Gasteiger partial charge >= 0.3 is 6.03 Å². The molecule has 26 heavy (non-hydrogen) atoms. The summed E-state index contributed by atoms with van der Waals surface area (Å²) in [5.74, 6) is -0.0473. The van der Waals surface area contributed by atoms with Crippen molar-refractivity contribution in [2.75, 3.05) is 31.5 Å². The van der Waals surface area contributed by atoms with Gasteiger partial charge in [0.2, 0.25) is 0 Å². The van der Waals surface area contributed by atoms with Crippen molar-refractivity contribution in [1.29, 1.82) is 0 Å². The van der Waals surface area contributed by atoms with Crippen LogP contribution in [0.15, 0.2) is 24.3 Å². The van der Waals surface area contributed by atoms with Gasteiger partial charge in [-0.25, -0.2) is 4.79 Å².